The second kappa shape index (κ2) is 5.89. The Balaban J connectivity index is 1.28. The lowest BCUT2D eigenvalue weighted by atomic mass is 9.82. The molecule has 1 aliphatic carbocycles. The van der Waals surface area contributed by atoms with Crippen LogP contribution < -0.4 is 10.6 Å². The van der Waals surface area contributed by atoms with Crippen LogP contribution in [-0.2, 0) is 0 Å². The Kier molecular flexibility index (Phi) is 3.98. The van der Waals surface area contributed by atoms with E-state index in [1.807, 2.05) is 9.80 Å². The highest BCUT2D eigenvalue weighted by Crippen LogP contribution is 2.28. The van der Waals surface area contributed by atoms with E-state index in [1.165, 1.54) is 0 Å². The second-order valence-corrected chi connectivity index (χ2v) is 6.23. The van der Waals surface area contributed by atoms with Crippen molar-refractivity contribution >= 4 is 12.1 Å². The Labute approximate surface area is 119 Å². The number of hydrogen-bond acceptors (Lipinski definition) is 2. The molecule has 3 fully saturated rings. The van der Waals surface area contributed by atoms with Crippen LogP contribution >= 0.6 is 0 Å². The number of rotatable bonds is 4. The molecule has 2 saturated heterocycles. The summed E-state index contributed by atoms with van der Waals surface area (Å²) < 4.78 is 0. The monoisotopic (exact) mass is 280 g/mol. The van der Waals surface area contributed by atoms with E-state index in [0.29, 0.717) is 11.8 Å². The minimum Gasteiger partial charge on any atom is -0.338 e. The zero-order valence-corrected chi connectivity index (χ0v) is 11.9. The van der Waals surface area contributed by atoms with Gasteiger partial charge in [0.25, 0.3) is 0 Å². The van der Waals surface area contributed by atoms with E-state index < -0.39 is 0 Å². The van der Waals surface area contributed by atoms with E-state index in [4.69, 9.17) is 0 Å². The van der Waals surface area contributed by atoms with Crippen molar-refractivity contribution in [3.05, 3.63) is 0 Å². The lowest BCUT2D eigenvalue weighted by Gasteiger charge is -2.28. The van der Waals surface area contributed by atoms with Crippen molar-refractivity contribution in [2.45, 2.75) is 25.7 Å². The molecular weight excluding hydrogens is 256 g/mol. The molecule has 0 aromatic rings. The van der Waals surface area contributed by atoms with Gasteiger partial charge in [-0.2, -0.15) is 0 Å². The molecule has 2 N–H and O–H groups in total. The van der Waals surface area contributed by atoms with Gasteiger partial charge in [0.2, 0.25) is 0 Å². The third-order valence-electron chi connectivity index (χ3n) is 4.52. The summed E-state index contributed by atoms with van der Waals surface area (Å²) in [6.07, 6.45) is 4.63. The van der Waals surface area contributed by atoms with Gasteiger partial charge < -0.3 is 20.4 Å². The molecule has 3 aliphatic rings. The maximum absolute atomic E-state index is 11.5. The van der Waals surface area contributed by atoms with Gasteiger partial charge in [-0.1, -0.05) is 0 Å². The zero-order valence-electron chi connectivity index (χ0n) is 11.9. The number of nitrogens with one attached hydrogen (secondary N) is 2. The molecule has 2 aliphatic heterocycles. The molecule has 6 heteroatoms. The highest BCUT2D eigenvalue weighted by Gasteiger charge is 2.27. The molecule has 6 nitrogen and oxygen atoms in total. The Morgan fingerprint density at radius 3 is 1.40 bits per heavy atom. The first-order valence-corrected chi connectivity index (χ1v) is 7.78. The average molecular weight is 280 g/mol. The summed E-state index contributed by atoms with van der Waals surface area (Å²) >= 11 is 0. The van der Waals surface area contributed by atoms with Crippen LogP contribution in [-0.4, -0.2) is 61.1 Å². The predicted molar refractivity (Wildman–Crippen MR) is 75.4 cm³/mol. The van der Waals surface area contributed by atoms with Crippen molar-refractivity contribution in [2.75, 3.05) is 39.3 Å². The normalized spacial score (nSPS) is 28.0. The standard InChI is InChI=1S/C14H24N4O2/c19-13(17-5-6-17)15-9-11-1-2-12(4-3-11)10-16-14(20)18-7-8-18/h11-12H,1-10H2,(H,15,19)(H,16,20). The highest BCUT2D eigenvalue weighted by molar-refractivity contribution is 5.76. The molecule has 0 spiro atoms. The number of carbonyl (C=O) groups is 2. The van der Waals surface area contributed by atoms with Crippen LogP contribution in [0, 0.1) is 11.8 Å². The molecule has 2 heterocycles. The fourth-order valence-electron chi connectivity index (χ4n) is 2.83. The zero-order chi connectivity index (χ0) is 13.9. The molecule has 112 valence electrons. The van der Waals surface area contributed by atoms with Crippen LogP contribution in [0.4, 0.5) is 9.59 Å². The van der Waals surface area contributed by atoms with E-state index >= 15 is 0 Å². The van der Waals surface area contributed by atoms with Gasteiger partial charge in [-0.25, -0.2) is 9.59 Å². The van der Waals surface area contributed by atoms with Crippen molar-refractivity contribution in [2.24, 2.45) is 11.8 Å². The van der Waals surface area contributed by atoms with E-state index in [9.17, 15) is 9.59 Å². The molecule has 3 rings (SSSR count). The van der Waals surface area contributed by atoms with Gasteiger partial charge in [0.1, 0.15) is 0 Å². The summed E-state index contributed by atoms with van der Waals surface area (Å²) in [5, 5.41) is 6.03. The van der Waals surface area contributed by atoms with Gasteiger partial charge in [0, 0.05) is 39.3 Å². The first-order chi connectivity index (χ1) is 9.72. The molecule has 1 saturated carbocycles. The molecule has 0 atom stereocenters. The fourth-order valence-corrected chi connectivity index (χ4v) is 2.83. The first kappa shape index (κ1) is 13.5. The van der Waals surface area contributed by atoms with Gasteiger partial charge in [-0.15, -0.1) is 0 Å². The summed E-state index contributed by atoms with van der Waals surface area (Å²) in [6.45, 7) is 5.26. The van der Waals surface area contributed by atoms with E-state index in [-0.39, 0.29) is 12.1 Å². The number of nitrogens with zero attached hydrogens (tertiary/aromatic N) is 2. The van der Waals surface area contributed by atoms with Crippen molar-refractivity contribution in [1.82, 2.24) is 20.4 Å². The summed E-state index contributed by atoms with van der Waals surface area (Å²) in [5.41, 5.74) is 0. The van der Waals surface area contributed by atoms with Gasteiger partial charge >= 0.3 is 12.1 Å². The third-order valence-corrected chi connectivity index (χ3v) is 4.52. The summed E-state index contributed by atoms with van der Waals surface area (Å²) in [5.74, 6) is 1.22. The number of hydrogen-bond donors (Lipinski definition) is 2. The smallest absolute Gasteiger partial charge is 0.317 e. The molecule has 0 aromatic heterocycles. The van der Waals surface area contributed by atoms with Crippen LogP contribution in [0.25, 0.3) is 0 Å². The number of carbonyl (C=O) groups excluding carboxylic acids is 2. The topological polar surface area (TPSA) is 64.2 Å². The molecule has 0 bridgehead atoms. The minimum absolute atomic E-state index is 0.0952. The van der Waals surface area contributed by atoms with Crippen LogP contribution in [0.1, 0.15) is 25.7 Å². The van der Waals surface area contributed by atoms with Crippen molar-refractivity contribution in [3.63, 3.8) is 0 Å². The maximum atomic E-state index is 11.5. The summed E-state index contributed by atoms with van der Waals surface area (Å²) in [6, 6.07) is 0.190. The Hall–Kier alpha value is -1.46. The van der Waals surface area contributed by atoms with Crippen LogP contribution in [0.2, 0.25) is 0 Å². The first-order valence-electron chi connectivity index (χ1n) is 7.78. The molecule has 0 unspecified atom stereocenters. The van der Waals surface area contributed by atoms with Crippen molar-refractivity contribution < 1.29 is 9.59 Å². The quantitative estimate of drug-likeness (QED) is 0.750. The summed E-state index contributed by atoms with van der Waals surface area (Å²) in [7, 11) is 0. The van der Waals surface area contributed by atoms with E-state index in [1.54, 1.807) is 0 Å². The average Bonchev–Trinajstić information content (AvgIpc) is 3.33. The van der Waals surface area contributed by atoms with Gasteiger partial charge in [-0.3, -0.25) is 0 Å². The van der Waals surface area contributed by atoms with Crippen LogP contribution in [0.3, 0.4) is 0 Å². The van der Waals surface area contributed by atoms with Gasteiger partial charge in [0.15, 0.2) is 0 Å². The second-order valence-electron chi connectivity index (χ2n) is 6.23. The number of urea groups is 2. The Bertz CT molecular complexity index is 335. The predicted octanol–water partition coefficient (Wildman–Crippen LogP) is 0.843. The molecule has 0 radical (unpaired) electrons. The van der Waals surface area contributed by atoms with Crippen molar-refractivity contribution in [3.8, 4) is 0 Å². The lowest BCUT2D eigenvalue weighted by Crippen LogP contribution is -2.37. The van der Waals surface area contributed by atoms with Gasteiger partial charge in [-0.05, 0) is 37.5 Å². The third kappa shape index (κ3) is 3.77. The SMILES string of the molecule is O=C(NCC1CCC(CNC(=O)N2CC2)CC1)N1CC1. The lowest BCUT2D eigenvalue weighted by molar-refractivity contribution is 0.214. The van der Waals surface area contributed by atoms with Crippen LogP contribution in [0.15, 0.2) is 0 Å². The Morgan fingerprint density at radius 1 is 0.750 bits per heavy atom. The van der Waals surface area contributed by atoms with E-state index in [2.05, 4.69) is 10.6 Å². The van der Waals surface area contributed by atoms with E-state index in [0.717, 1.165) is 65.0 Å². The van der Waals surface area contributed by atoms with Crippen LogP contribution in [0.5, 0.6) is 0 Å². The fraction of sp³-hybridized carbons (Fsp3) is 0.857. The molecule has 4 amide bonds. The molecule has 0 aromatic carbocycles. The molecular formula is C14H24N4O2. The van der Waals surface area contributed by atoms with Crippen molar-refractivity contribution in [1.29, 1.82) is 0 Å². The highest BCUT2D eigenvalue weighted by atomic mass is 16.2. The Morgan fingerprint density at radius 2 is 1.10 bits per heavy atom. The molecule has 20 heavy (non-hydrogen) atoms. The maximum Gasteiger partial charge on any atom is 0.317 e. The minimum atomic E-state index is 0.0952. The number of amides is 4. The van der Waals surface area contributed by atoms with Gasteiger partial charge in [0.05, 0.1) is 0 Å². The summed E-state index contributed by atoms with van der Waals surface area (Å²) in [4.78, 5) is 26.7. The largest absolute Gasteiger partial charge is 0.338 e.